The maximum Gasteiger partial charge on any atom is 0.0429 e. The lowest BCUT2D eigenvalue weighted by Gasteiger charge is -2.12. The highest BCUT2D eigenvalue weighted by Gasteiger charge is 2.21. The molecule has 0 bridgehead atoms. The van der Waals surface area contributed by atoms with Crippen LogP contribution in [0.25, 0.3) is 0 Å². The van der Waals surface area contributed by atoms with Crippen molar-refractivity contribution in [2.75, 3.05) is 5.75 Å². The van der Waals surface area contributed by atoms with Crippen molar-refractivity contribution >= 4 is 23.1 Å². The van der Waals surface area contributed by atoms with Crippen molar-refractivity contribution in [1.82, 2.24) is 5.32 Å². The molecule has 0 radical (unpaired) electrons. The van der Waals surface area contributed by atoms with Crippen molar-refractivity contribution < 1.29 is 0 Å². The van der Waals surface area contributed by atoms with E-state index in [1.54, 1.807) is 0 Å². The van der Waals surface area contributed by atoms with Crippen LogP contribution in [0.4, 0.5) is 0 Å². The average molecular weight is 247 g/mol. The maximum atomic E-state index is 3.63. The molecule has 16 heavy (non-hydrogen) atoms. The lowest BCUT2D eigenvalue weighted by molar-refractivity contribution is 0.588. The van der Waals surface area contributed by atoms with E-state index in [4.69, 9.17) is 0 Å². The molecule has 2 heterocycles. The normalized spacial score (nSPS) is 18.6. The Morgan fingerprint density at radius 1 is 1.19 bits per heavy atom. The van der Waals surface area contributed by atoms with Crippen LogP contribution in [-0.4, -0.2) is 5.75 Å². The summed E-state index contributed by atoms with van der Waals surface area (Å²) in [6.07, 6.45) is 0. The second kappa shape index (κ2) is 4.62. The molecule has 82 valence electrons. The van der Waals surface area contributed by atoms with Gasteiger partial charge in [0.15, 0.2) is 0 Å². The molecular weight excluding hydrogens is 234 g/mol. The first kappa shape index (κ1) is 10.4. The van der Waals surface area contributed by atoms with Gasteiger partial charge in [0, 0.05) is 28.1 Å². The van der Waals surface area contributed by atoms with Crippen molar-refractivity contribution in [3.05, 3.63) is 52.2 Å². The zero-order valence-electron chi connectivity index (χ0n) is 8.85. The molecule has 1 atom stereocenters. The smallest absolute Gasteiger partial charge is 0.0429 e. The van der Waals surface area contributed by atoms with E-state index in [9.17, 15) is 0 Å². The summed E-state index contributed by atoms with van der Waals surface area (Å²) in [4.78, 5) is 2.85. The van der Waals surface area contributed by atoms with Crippen LogP contribution in [0.15, 0.2) is 46.7 Å². The van der Waals surface area contributed by atoms with Gasteiger partial charge in [-0.25, -0.2) is 0 Å². The summed E-state index contributed by atoms with van der Waals surface area (Å²) in [5.74, 6) is 1.16. The number of nitrogens with one attached hydrogen (secondary N) is 1. The van der Waals surface area contributed by atoms with Crippen LogP contribution < -0.4 is 5.32 Å². The van der Waals surface area contributed by atoms with Crippen LogP contribution in [-0.2, 0) is 6.54 Å². The van der Waals surface area contributed by atoms with E-state index in [0.29, 0.717) is 6.04 Å². The van der Waals surface area contributed by atoms with E-state index in [1.807, 2.05) is 23.1 Å². The molecule has 1 unspecified atom stereocenters. The van der Waals surface area contributed by atoms with Gasteiger partial charge in [-0.3, -0.25) is 0 Å². The minimum Gasteiger partial charge on any atom is -0.304 e. The molecule has 1 aliphatic heterocycles. The minimum absolute atomic E-state index is 0.517. The number of thioether (sulfide) groups is 1. The zero-order chi connectivity index (χ0) is 10.8. The van der Waals surface area contributed by atoms with Gasteiger partial charge < -0.3 is 5.32 Å². The van der Waals surface area contributed by atoms with Crippen molar-refractivity contribution in [3.8, 4) is 0 Å². The number of rotatable bonds is 3. The van der Waals surface area contributed by atoms with Gasteiger partial charge in [-0.15, -0.1) is 23.1 Å². The van der Waals surface area contributed by atoms with E-state index >= 15 is 0 Å². The third-order valence-corrected chi connectivity index (χ3v) is 4.86. The standard InChI is InChI=1S/C13H13NS2/c1-2-6-13-11(5-1)12(9-16-13)14-8-10-4-3-7-15-10/h1-7,12,14H,8-9H2. The van der Waals surface area contributed by atoms with Crippen LogP contribution in [0.2, 0.25) is 0 Å². The Morgan fingerprint density at radius 2 is 2.12 bits per heavy atom. The Labute approximate surface area is 104 Å². The number of benzene rings is 1. The Morgan fingerprint density at radius 3 is 3.00 bits per heavy atom. The van der Waals surface area contributed by atoms with E-state index in [-0.39, 0.29) is 0 Å². The highest BCUT2D eigenvalue weighted by Crippen LogP contribution is 2.37. The van der Waals surface area contributed by atoms with Gasteiger partial charge in [0.05, 0.1) is 0 Å². The largest absolute Gasteiger partial charge is 0.304 e. The maximum absolute atomic E-state index is 3.63. The quantitative estimate of drug-likeness (QED) is 0.888. The number of hydrogen-bond acceptors (Lipinski definition) is 3. The Kier molecular flexibility index (Phi) is 3.00. The molecule has 0 fully saturated rings. The van der Waals surface area contributed by atoms with Crippen LogP contribution in [0.5, 0.6) is 0 Å². The van der Waals surface area contributed by atoms with E-state index < -0.39 is 0 Å². The van der Waals surface area contributed by atoms with Gasteiger partial charge in [-0.2, -0.15) is 0 Å². The predicted molar refractivity (Wildman–Crippen MR) is 71.1 cm³/mol. The van der Waals surface area contributed by atoms with Crippen LogP contribution >= 0.6 is 23.1 Å². The lowest BCUT2D eigenvalue weighted by atomic mass is 10.1. The van der Waals surface area contributed by atoms with Crippen LogP contribution in [0, 0.1) is 0 Å². The topological polar surface area (TPSA) is 12.0 Å². The molecule has 1 nitrogen and oxygen atoms in total. The molecule has 1 aliphatic rings. The van der Waals surface area contributed by atoms with E-state index in [0.717, 1.165) is 12.3 Å². The minimum atomic E-state index is 0.517. The highest BCUT2D eigenvalue weighted by atomic mass is 32.2. The molecule has 1 aromatic heterocycles. The third kappa shape index (κ3) is 2.03. The van der Waals surface area contributed by atoms with Gasteiger partial charge in [-0.05, 0) is 23.1 Å². The van der Waals surface area contributed by atoms with Crippen LogP contribution in [0.1, 0.15) is 16.5 Å². The van der Waals surface area contributed by atoms with Gasteiger partial charge in [0.25, 0.3) is 0 Å². The molecule has 3 heteroatoms. The molecule has 0 saturated carbocycles. The van der Waals surface area contributed by atoms with Gasteiger partial charge in [0.1, 0.15) is 0 Å². The Balaban J connectivity index is 1.69. The van der Waals surface area contributed by atoms with Crippen molar-refractivity contribution in [3.63, 3.8) is 0 Å². The summed E-state index contributed by atoms with van der Waals surface area (Å²) in [5.41, 5.74) is 1.46. The van der Waals surface area contributed by atoms with Gasteiger partial charge in [-0.1, -0.05) is 24.3 Å². The predicted octanol–water partition coefficient (Wildman–Crippen LogP) is 3.68. The summed E-state index contributed by atoms with van der Waals surface area (Å²) in [5, 5.41) is 5.76. The van der Waals surface area contributed by atoms with Crippen molar-refractivity contribution in [1.29, 1.82) is 0 Å². The van der Waals surface area contributed by atoms with E-state index in [1.165, 1.54) is 15.3 Å². The van der Waals surface area contributed by atoms with Gasteiger partial charge >= 0.3 is 0 Å². The van der Waals surface area contributed by atoms with Crippen LogP contribution in [0.3, 0.4) is 0 Å². The number of fused-ring (bicyclic) bond motifs is 1. The molecule has 3 rings (SSSR count). The molecule has 1 N–H and O–H groups in total. The number of thiophene rings is 1. The first-order valence-corrected chi connectivity index (χ1v) is 7.27. The molecule has 0 spiro atoms. The fraction of sp³-hybridized carbons (Fsp3) is 0.231. The molecular formula is C13H13NS2. The fourth-order valence-electron chi connectivity index (χ4n) is 1.97. The first-order chi connectivity index (χ1) is 7.93. The molecule has 0 saturated heterocycles. The average Bonchev–Trinajstić information content (AvgIpc) is 2.96. The van der Waals surface area contributed by atoms with Crippen molar-refractivity contribution in [2.45, 2.75) is 17.5 Å². The molecule has 0 amide bonds. The van der Waals surface area contributed by atoms with Gasteiger partial charge in [0.2, 0.25) is 0 Å². The third-order valence-electron chi connectivity index (χ3n) is 2.80. The Bertz CT molecular complexity index is 465. The summed E-state index contributed by atoms with van der Waals surface area (Å²) < 4.78 is 0. The Hall–Kier alpha value is -0.770. The second-order valence-corrected chi connectivity index (χ2v) is 5.96. The molecule has 0 aliphatic carbocycles. The number of hydrogen-bond donors (Lipinski definition) is 1. The highest BCUT2D eigenvalue weighted by molar-refractivity contribution is 7.99. The zero-order valence-corrected chi connectivity index (χ0v) is 10.5. The summed E-state index contributed by atoms with van der Waals surface area (Å²) in [6, 6.07) is 13.5. The lowest BCUT2D eigenvalue weighted by Crippen LogP contribution is -2.19. The van der Waals surface area contributed by atoms with E-state index in [2.05, 4.69) is 47.1 Å². The molecule has 2 aromatic rings. The second-order valence-electron chi connectivity index (χ2n) is 3.86. The first-order valence-electron chi connectivity index (χ1n) is 5.41. The monoisotopic (exact) mass is 247 g/mol. The molecule has 1 aromatic carbocycles. The van der Waals surface area contributed by atoms with Crippen molar-refractivity contribution in [2.24, 2.45) is 0 Å². The SMILES string of the molecule is c1csc(CNC2CSc3ccccc32)c1. The summed E-state index contributed by atoms with van der Waals surface area (Å²) in [7, 11) is 0. The fourth-order valence-corrected chi connectivity index (χ4v) is 3.82. The summed E-state index contributed by atoms with van der Waals surface area (Å²) in [6.45, 7) is 0.983. The summed E-state index contributed by atoms with van der Waals surface area (Å²) >= 11 is 3.77.